The van der Waals surface area contributed by atoms with Crippen LogP contribution in [0.5, 0.6) is 5.75 Å². The summed E-state index contributed by atoms with van der Waals surface area (Å²) in [6, 6.07) is 5.50. The zero-order valence-corrected chi connectivity index (χ0v) is 17.9. The molecule has 0 saturated heterocycles. The Morgan fingerprint density at radius 1 is 1.35 bits per heavy atom. The highest BCUT2D eigenvalue weighted by Gasteiger charge is 2.37. The van der Waals surface area contributed by atoms with Crippen molar-refractivity contribution < 1.29 is 14.0 Å². The van der Waals surface area contributed by atoms with E-state index >= 15 is 0 Å². The van der Waals surface area contributed by atoms with Crippen LogP contribution in [0.3, 0.4) is 0 Å². The normalized spacial score (nSPS) is 12.0. The van der Waals surface area contributed by atoms with Crippen molar-refractivity contribution in [3.8, 4) is 5.75 Å². The van der Waals surface area contributed by atoms with Crippen LogP contribution in [-0.2, 0) is 9.22 Å². The van der Waals surface area contributed by atoms with E-state index in [9.17, 15) is 4.79 Å². The van der Waals surface area contributed by atoms with Crippen LogP contribution >= 0.6 is 22.6 Å². The Kier molecular flexibility index (Phi) is 6.85. The van der Waals surface area contributed by atoms with Gasteiger partial charge in [-0.2, -0.15) is 0 Å². The monoisotopic (exact) mass is 447 g/mol. The molecule has 4 nitrogen and oxygen atoms in total. The van der Waals surface area contributed by atoms with E-state index in [0.717, 1.165) is 15.0 Å². The molecule has 0 heterocycles. The van der Waals surface area contributed by atoms with Crippen LogP contribution in [0.4, 0.5) is 5.69 Å². The molecule has 0 bridgehead atoms. The summed E-state index contributed by atoms with van der Waals surface area (Å²) in [4.78, 5) is 12.3. The van der Waals surface area contributed by atoms with Crippen molar-refractivity contribution >= 4 is 42.5 Å². The minimum atomic E-state index is -1.89. The van der Waals surface area contributed by atoms with E-state index in [2.05, 4.69) is 68.4 Å². The standard InChI is InChI=1S/C17H26INO3Si/c1-12(11-22-23(6,7)17(2,3)4)16(20)19-15-9-8-13(21-5)10-14(15)18/h8-10H,1,11H2,2-7H3,(H,19,20). The number of nitrogens with one attached hydrogen (secondary N) is 1. The van der Waals surface area contributed by atoms with Gasteiger partial charge in [0.1, 0.15) is 5.75 Å². The van der Waals surface area contributed by atoms with Crippen LogP contribution < -0.4 is 10.1 Å². The van der Waals surface area contributed by atoms with Gasteiger partial charge in [-0.25, -0.2) is 0 Å². The summed E-state index contributed by atoms with van der Waals surface area (Å²) in [5.74, 6) is 0.541. The van der Waals surface area contributed by atoms with Gasteiger partial charge in [0.15, 0.2) is 8.32 Å². The number of hydrogen-bond acceptors (Lipinski definition) is 3. The van der Waals surface area contributed by atoms with Gasteiger partial charge >= 0.3 is 0 Å². The lowest BCUT2D eigenvalue weighted by Crippen LogP contribution is -2.41. The molecule has 0 spiro atoms. The highest BCUT2D eigenvalue weighted by atomic mass is 127. The molecular formula is C17H26INO3Si. The lowest BCUT2D eigenvalue weighted by Gasteiger charge is -2.36. The van der Waals surface area contributed by atoms with Crippen LogP contribution in [0.15, 0.2) is 30.4 Å². The number of rotatable bonds is 6. The molecule has 0 aromatic heterocycles. The van der Waals surface area contributed by atoms with Crippen molar-refractivity contribution in [2.75, 3.05) is 19.0 Å². The van der Waals surface area contributed by atoms with Gasteiger partial charge in [0.25, 0.3) is 5.91 Å². The van der Waals surface area contributed by atoms with Gasteiger partial charge in [0.2, 0.25) is 0 Å². The number of benzene rings is 1. The van der Waals surface area contributed by atoms with Crippen molar-refractivity contribution in [2.45, 2.75) is 38.9 Å². The average molecular weight is 447 g/mol. The van der Waals surface area contributed by atoms with E-state index in [0.29, 0.717) is 5.57 Å². The molecule has 0 aliphatic rings. The minimum absolute atomic E-state index is 0.106. The van der Waals surface area contributed by atoms with E-state index in [4.69, 9.17) is 9.16 Å². The lowest BCUT2D eigenvalue weighted by atomic mass is 10.2. The fraction of sp³-hybridized carbons (Fsp3) is 0.471. The molecule has 128 valence electrons. The van der Waals surface area contributed by atoms with Gasteiger partial charge in [0, 0.05) is 9.14 Å². The first-order valence-electron chi connectivity index (χ1n) is 7.44. The highest BCUT2D eigenvalue weighted by Crippen LogP contribution is 2.36. The Balaban J connectivity index is 2.67. The summed E-state index contributed by atoms with van der Waals surface area (Å²) in [7, 11) is -0.273. The minimum Gasteiger partial charge on any atom is -0.497 e. The predicted octanol–water partition coefficient (Wildman–Crippen LogP) is 4.82. The zero-order chi connectivity index (χ0) is 17.8. The maximum absolute atomic E-state index is 12.3. The summed E-state index contributed by atoms with van der Waals surface area (Å²) in [5.41, 5.74) is 1.17. The molecule has 1 N–H and O–H groups in total. The quantitative estimate of drug-likeness (QED) is 0.387. The Bertz CT molecular complexity index is 594. The number of methoxy groups -OCH3 is 1. The molecule has 0 saturated carbocycles. The van der Waals surface area contributed by atoms with Crippen molar-refractivity contribution in [1.29, 1.82) is 0 Å². The van der Waals surface area contributed by atoms with Gasteiger partial charge in [-0.05, 0) is 58.9 Å². The lowest BCUT2D eigenvalue weighted by molar-refractivity contribution is -0.113. The molecule has 0 fully saturated rings. The molecule has 1 aromatic rings. The SMILES string of the molecule is C=C(CO[Si](C)(C)C(C)(C)C)C(=O)Nc1ccc(OC)cc1I. The fourth-order valence-electron chi connectivity index (χ4n) is 1.48. The summed E-state index contributed by atoms with van der Waals surface area (Å²) >= 11 is 2.16. The maximum atomic E-state index is 12.3. The van der Waals surface area contributed by atoms with Gasteiger partial charge in [-0.1, -0.05) is 27.4 Å². The van der Waals surface area contributed by atoms with Gasteiger partial charge in [-0.15, -0.1) is 0 Å². The van der Waals surface area contributed by atoms with Crippen molar-refractivity contribution in [3.63, 3.8) is 0 Å². The largest absolute Gasteiger partial charge is 0.497 e. The Morgan fingerprint density at radius 2 is 1.96 bits per heavy atom. The van der Waals surface area contributed by atoms with Crippen molar-refractivity contribution in [1.82, 2.24) is 0 Å². The molecule has 6 heteroatoms. The first-order chi connectivity index (χ1) is 10.5. The van der Waals surface area contributed by atoms with Crippen molar-refractivity contribution in [3.05, 3.63) is 33.9 Å². The predicted molar refractivity (Wildman–Crippen MR) is 107 cm³/mol. The Hall–Kier alpha value is -0.863. The average Bonchev–Trinajstić information content (AvgIpc) is 2.45. The van der Waals surface area contributed by atoms with Crippen LogP contribution in [0.2, 0.25) is 18.1 Å². The molecule has 0 aliphatic heterocycles. The number of ether oxygens (including phenoxy) is 1. The fourth-order valence-corrected chi connectivity index (χ4v) is 3.07. The van der Waals surface area contributed by atoms with Crippen LogP contribution in [-0.4, -0.2) is 27.9 Å². The number of carbonyl (C=O) groups is 1. The topological polar surface area (TPSA) is 47.6 Å². The molecular weight excluding hydrogens is 421 g/mol. The first-order valence-corrected chi connectivity index (χ1v) is 11.4. The van der Waals surface area contributed by atoms with E-state index in [1.165, 1.54) is 0 Å². The zero-order valence-electron chi connectivity index (χ0n) is 14.7. The highest BCUT2D eigenvalue weighted by molar-refractivity contribution is 14.1. The molecule has 1 amide bonds. The van der Waals surface area contributed by atoms with E-state index in [1.54, 1.807) is 7.11 Å². The molecule has 23 heavy (non-hydrogen) atoms. The van der Waals surface area contributed by atoms with E-state index in [1.807, 2.05) is 18.2 Å². The summed E-state index contributed by atoms with van der Waals surface area (Å²) < 4.78 is 12.1. The summed E-state index contributed by atoms with van der Waals surface area (Å²) in [5, 5.41) is 2.98. The third-order valence-corrected chi connectivity index (χ3v) is 9.53. The number of halogens is 1. The van der Waals surface area contributed by atoms with Gasteiger partial charge in [-0.3, -0.25) is 4.79 Å². The number of amides is 1. The molecule has 1 aromatic carbocycles. The van der Waals surface area contributed by atoms with E-state index in [-0.39, 0.29) is 17.6 Å². The van der Waals surface area contributed by atoms with E-state index < -0.39 is 8.32 Å². The second-order valence-corrected chi connectivity index (χ2v) is 12.9. The maximum Gasteiger partial charge on any atom is 0.253 e. The third kappa shape index (κ3) is 5.61. The first kappa shape index (κ1) is 20.2. The Morgan fingerprint density at radius 3 is 2.43 bits per heavy atom. The molecule has 1 rings (SSSR count). The smallest absolute Gasteiger partial charge is 0.253 e. The second-order valence-electron chi connectivity index (χ2n) is 6.95. The number of carbonyl (C=O) groups excluding carboxylic acids is 1. The number of anilines is 1. The van der Waals surface area contributed by atoms with Crippen molar-refractivity contribution in [2.24, 2.45) is 0 Å². The van der Waals surface area contributed by atoms with Crippen LogP contribution in [0, 0.1) is 3.57 Å². The second kappa shape index (κ2) is 7.81. The third-order valence-electron chi connectivity index (χ3n) is 4.16. The van der Waals surface area contributed by atoms with Crippen LogP contribution in [0.25, 0.3) is 0 Å². The summed E-state index contributed by atoms with van der Waals surface area (Å²) in [6.45, 7) is 14.9. The molecule has 0 aliphatic carbocycles. The summed E-state index contributed by atoms with van der Waals surface area (Å²) in [6.07, 6.45) is 0. The molecule has 0 unspecified atom stereocenters. The number of hydrogen-bond donors (Lipinski definition) is 1. The van der Waals surface area contributed by atoms with Gasteiger partial charge < -0.3 is 14.5 Å². The van der Waals surface area contributed by atoms with Crippen LogP contribution in [0.1, 0.15) is 20.8 Å². The molecule has 0 radical (unpaired) electrons. The molecule has 0 atom stereocenters. The Labute approximate surface area is 153 Å². The van der Waals surface area contributed by atoms with Gasteiger partial charge in [0.05, 0.1) is 19.4 Å².